The predicted molar refractivity (Wildman–Crippen MR) is 85.8 cm³/mol. The summed E-state index contributed by atoms with van der Waals surface area (Å²) in [5.41, 5.74) is -2.11. The number of carbonyl (C=O) groups excluding carboxylic acids is 1. The van der Waals surface area contributed by atoms with Gasteiger partial charge in [0.05, 0.1) is 0 Å². The van der Waals surface area contributed by atoms with E-state index in [4.69, 9.17) is 4.74 Å². The van der Waals surface area contributed by atoms with Gasteiger partial charge in [-0.1, -0.05) is 13.0 Å². The fraction of sp³-hybridized carbons (Fsp3) is 0.500. The van der Waals surface area contributed by atoms with Gasteiger partial charge in [0.25, 0.3) is 0 Å². The van der Waals surface area contributed by atoms with E-state index in [1.165, 1.54) is 25.3 Å². The van der Waals surface area contributed by atoms with Crippen LogP contribution < -0.4 is 5.32 Å². The zero-order chi connectivity index (χ0) is 18.5. The molecule has 0 spiro atoms. The Morgan fingerprint density at radius 1 is 1.17 bits per heavy atom. The minimum absolute atomic E-state index is 0.0599. The van der Waals surface area contributed by atoms with Crippen LogP contribution in [0.15, 0.2) is 18.3 Å². The van der Waals surface area contributed by atoms with Crippen LogP contribution in [0.3, 0.4) is 0 Å². The summed E-state index contributed by atoms with van der Waals surface area (Å²) in [5.74, 6) is -2.57. The number of hydrogen-bond acceptors (Lipinski definition) is 5. The standard InChI is InChI=1S/C16H22N2O6/c1-5-16(12(19)20,13(21)22)8-10-6-7-11(17-9-10)18-14(23)24-15(2,3)4/h6-7,9H,5,8H2,1-4H3,(H,19,20)(H,21,22)(H,17,18,23). The number of nitrogens with one attached hydrogen (secondary N) is 1. The average Bonchev–Trinajstić information content (AvgIpc) is 2.43. The molecule has 1 aromatic heterocycles. The normalized spacial score (nSPS) is 11.7. The second-order valence-electron chi connectivity index (χ2n) is 6.40. The van der Waals surface area contributed by atoms with Crippen LogP contribution in [-0.4, -0.2) is 38.8 Å². The maximum Gasteiger partial charge on any atom is 0.413 e. The largest absolute Gasteiger partial charge is 0.480 e. The van der Waals surface area contributed by atoms with Gasteiger partial charge in [-0.3, -0.25) is 14.9 Å². The Bertz CT molecular complexity index is 604. The lowest BCUT2D eigenvalue weighted by atomic mass is 9.79. The van der Waals surface area contributed by atoms with Crippen molar-refractivity contribution in [3.8, 4) is 0 Å². The summed E-state index contributed by atoms with van der Waals surface area (Å²) in [4.78, 5) is 38.4. The first-order valence-electron chi connectivity index (χ1n) is 7.42. The Morgan fingerprint density at radius 2 is 1.75 bits per heavy atom. The second kappa shape index (κ2) is 7.29. The molecule has 0 saturated carbocycles. The molecule has 0 atom stereocenters. The molecule has 8 nitrogen and oxygen atoms in total. The lowest BCUT2D eigenvalue weighted by Crippen LogP contribution is -2.40. The van der Waals surface area contributed by atoms with Gasteiger partial charge in [-0.05, 0) is 38.8 Å². The fourth-order valence-corrected chi connectivity index (χ4v) is 2.03. The van der Waals surface area contributed by atoms with E-state index in [2.05, 4.69) is 10.3 Å². The molecule has 1 rings (SSSR count). The van der Waals surface area contributed by atoms with E-state index in [0.29, 0.717) is 5.56 Å². The number of ether oxygens (including phenoxy) is 1. The summed E-state index contributed by atoms with van der Waals surface area (Å²) in [6.45, 7) is 6.69. The van der Waals surface area contributed by atoms with Crippen LogP contribution in [0.1, 0.15) is 39.7 Å². The SMILES string of the molecule is CCC(Cc1ccc(NC(=O)OC(C)(C)C)nc1)(C(=O)O)C(=O)O. The van der Waals surface area contributed by atoms with Crippen LogP contribution in [0.4, 0.5) is 10.6 Å². The number of anilines is 1. The first-order chi connectivity index (χ1) is 11.0. The van der Waals surface area contributed by atoms with Crippen molar-refractivity contribution in [3.05, 3.63) is 23.9 Å². The van der Waals surface area contributed by atoms with Gasteiger partial charge in [-0.15, -0.1) is 0 Å². The quantitative estimate of drug-likeness (QED) is 0.680. The third-order valence-corrected chi connectivity index (χ3v) is 3.38. The molecule has 0 aliphatic carbocycles. The molecule has 0 aromatic carbocycles. The molecule has 0 aliphatic rings. The summed E-state index contributed by atoms with van der Waals surface area (Å²) in [6, 6.07) is 2.99. The summed E-state index contributed by atoms with van der Waals surface area (Å²) < 4.78 is 5.09. The van der Waals surface area contributed by atoms with Crippen LogP contribution in [0.25, 0.3) is 0 Å². The number of amides is 1. The average molecular weight is 338 g/mol. The number of rotatable bonds is 6. The van der Waals surface area contributed by atoms with Gasteiger partial charge in [-0.2, -0.15) is 0 Å². The molecule has 24 heavy (non-hydrogen) atoms. The van der Waals surface area contributed by atoms with Gasteiger partial charge in [0.1, 0.15) is 11.4 Å². The van der Waals surface area contributed by atoms with Crippen molar-refractivity contribution in [1.82, 2.24) is 4.98 Å². The van der Waals surface area contributed by atoms with Crippen LogP contribution in [0.5, 0.6) is 0 Å². The number of aromatic nitrogens is 1. The van der Waals surface area contributed by atoms with Crippen LogP contribution >= 0.6 is 0 Å². The molecule has 8 heteroatoms. The number of carbonyl (C=O) groups is 3. The second-order valence-corrected chi connectivity index (χ2v) is 6.40. The third kappa shape index (κ3) is 4.94. The molecule has 0 bridgehead atoms. The molecule has 132 valence electrons. The van der Waals surface area contributed by atoms with Crippen molar-refractivity contribution in [1.29, 1.82) is 0 Å². The number of nitrogens with zero attached hydrogens (tertiary/aromatic N) is 1. The smallest absolute Gasteiger partial charge is 0.413 e. The highest BCUT2D eigenvalue weighted by Crippen LogP contribution is 2.28. The predicted octanol–water partition coefficient (Wildman–Crippen LogP) is 2.54. The fourth-order valence-electron chi connectivity index (χ4n) is 2.03. The lowest BCUT2D eigenvalue weighted by molar-refractivity contribution is -0.164. The van der Waals surface area contributed by atoms with Gasteiger partial charge < -0.3 is 14.9 Å². The molecule has 3 N–H and O–H groups in total. The molecule has 1 heterocycles. The molecule has 0 aliphatic heterocycles. The Hall–Kier alpha value is -2.64. The molecular weight excluding hydrogens is 316 g/mol. The van der Waals surface area contributed by atoms with Crippen LogP contribution in [-0.2, 0) is 20.7 Å². The highest BCUT2D eigenvalue weighted by molar-refractivity contribution is 5.98. The molecule has 1 amide bonds. The number of carboxylic acids is 2. The van der Waals surface area contributed by atoms with Crippen molar-refractivity contribution >= 4 is 23.8 Å². The summed E-state index contributed by atoms with van der Waals surface area (Å²) in [5, 5.41) is 21.0. The first-order valence-corrected chi connectivity index (χ1v) is 7.42. The number of aliphatic carboxylic acids is 2. The Balaban J connectivity index is 2.86. The molecular formula is C16H22N2O6. The minimum Gasteiger partial charge on any atom is -0.480 e. The Kier molecular flexibility index (Phi) is 5.89. The Morgan fingerprint density at radius 3 is 2.12 bits per heavy atom. The van der Waals surface area contributed by atoms with E-state index in [-0.39, 0.29) is 18.7 Å². The van der Waals surface area contributed by atoms with E-state index >= 15 is 0 Å². The van der Waals surface area contributed by atoms with Gasteiger partial charge in [-0.25, -0.2) is 9.78 Å². The van der Waals surface area contributed by atoms with E-state index in [1.54, 1.807) is 20.8 Å². The van der Waals surface area contributed by atoms with Crippen LogP contribution in [0, 0.1) is 5.41 Å². The van der Waals surface area contributed by atoms with Crippen molar-refractivity contribution in [2.75, 3.05) is 5.32 Å². The molecule has 0 fully saturated rings. The summed E-state index contributed by atoms with van der Waals surface area (Å²) in [7, 11) is 0. The first kappa shape index (κ1) is 19.4. The number of hydrogen-bond donors (Lipinski definition) is 3. The minimum atomic E-state index is -1.90. The molecule has 0 radical (unpaired) electrons. The van der Waals surface area contributed by atoms with Crippen molar-refractivity contribution in [2.45, 2.75) is 46.1 Å². The van der Waals surface area contributed by atoms with Crippen LogP contribution in [0.2, 0.25) is 0 Å². The summed E-state index contributed by atoms with van der Waals surface area (Å²) in [6.07, 6.45) is 0.411. The highest BCUT2D eigenvalue weighted by atomic mass is 16.6. The molecule has 0 saturated heterocycles. The van der Waals surface area contributed by atoms with Crippen molar-refractivity contribution in [2.24, 2.45) is 5.41 Å². The van der Waals surface area contributed by atoms with Gasteiger partial charge in [0.15, 0.2) is 5.41 Å². The maximum atomic E-state index is 11.6. The number of pyridine rings is 1. The van der Waals surface area contributed by atoms with E-state index in [9.17, 15) is 24.6 Å². The molecule has 1 aromatic rings. The van der Waals surface area contributed by atoms with Gasteiger partial charge in [0, 0.05) is 12.6 Å². The summed E-state index contributed by atoms with van der Waals surface area (Å²) >= 11 is 0. The lowest BCUT2D eigenvalue weighted by Gasteiger charge is -2.23. The van der Waals surface area contributed by atoms with Crippen molar-refractivity contribution < 1.29 is 29.3 Å². The highest BCUT2D eigenvalue weighted by Gasteiger charge is 2.45. The van der Waals surface area contributed by atoms with E-state index < -0.39 is 29.0 Å². The topological polar surface area (TPSA) is 126 Å². The zero-order valence-electron chi connectivity index (χ0n) is 14.1. The monoisotopic (exact) mass is 338 g/mol. The third-order valence-electron chi connectivity index (χ3n) is 3.38. The zero-order valence-corrected chi connectivity index (χ0v) is 14.1. The van der Waals surface area contributed by atoms with E-state index in [0.717, 1.165) is 0 Å². The van der Waals surface area contributed by atoms with E-state index in [1.807, 2.05) is 0 Å². The maximum absolute atomic E-state index is 11.6. The number of carboxylic acid groups (broad SMARTS) is 2. The van der Waals surface area contributed by atoms with Crippen molar-refractivity contribution in [3.63, 3.8) is 0 Å². The van der Waals surface area contributed by atoms with Gasteiger partial charge in [0.2, 0.25) is 0 Å². The Labute approximate surface area is 139 Å². The molecule has 0 unspecified atom stereocenters. The van der Waals surface area contributed by atoms with Gasteiger partial charge >= 0.3 is 18.0 Å².